The van der Waals surface area contributed by atoms with Gasteiger partial charge in [-0.05, 0) is 12.1 Å². The zero-order valence-corrected chi connectivity index (χ0v) is 7.30. The van der Waals surface area contributed by atoms with Crippen LogP contribution in [0.1, 0.15) is 5.76 Å². The van der Waals surface area contributed by atoms with Crippen LogP contribution in [0.5, 0.6) is 5.75 Å². The van der Waals surface area contributed by atoms with E-state index in [9.17, 15) is 15.2 Å². The van der Waals surface area contributed by atoms with Gasteiger partial charge >= 0.3 is 5.69 Å². The lowest BCUT2D eigenvalue weighted by Gasteiger charge is -1.95. The first-order valence-electron chi connectivity index (χ1n) is 3.93. The quantitative estimate of drug-likeness (QED) is 0.564. The molecule has 0 saturated carbocycles. The zero-order chi connectivity index (χ0) is 11.0. The van der Waals surface area contributed by atoms with Crippen LogP contribution in [0, 0.1) is 21.4 Å². The Morgan fingerprint density at radius 2 is 2.27 bits per heavy atom. The third-order valence-corrected chi connectivity index (χ3v) is 1.94. The van der Waals surface area contributed by atoms with Gasteiger partial charge in [0.05, 0.1) is 4.92 Å². The number of phenolic OH excluding ortho intramolecular Hbond substituents is 1. The van der Waals surface area contributed by atoms with Crippen molar-refractivity contribution < 1.29 is 14.4 Å². The van der Waals surface area contributed by atoms with Crippen LogP contribution in [-0.4, -0.2) is 10.0 Å². The molecule has 0 aliphatic heterocycles. The average molecular weight is 204 g/mol. The minimum Gasteiger partial charge on any atom is -0.502 e. The van der Waals surface area contributed by atoms with Crippen LogP contribution in [0.4, 0.5) is 5.69 Å². The van der Waals surface area contributed by atoms with Gasteiger partial charge in [0.25, 0.3) is 0 Å². The summed E-state index contributed by atoms with van der Waals surface area (Å²) in [6.45, 7) is 0. The fraction of sp³-hybridized carbons (Fsp3) is 0. The SMILES string of the molecule is N#Cc1cc2c([N+](=O)[O-])c(O)ccc2o1. The van der Waals surface area contributed by atoms with E-state index in [1.807, 2.05) is 0 Å². The lowest BCUT2D eigenvalue weighted by atomic mass is 10.2. The van der Waals surface area contributed by atoms with Crippen LogP contribution in [0.2, 0.25) is 0 Å². The number of rotatable bonds is 1. The summed E-state index contributed by atoms with van der Waals surface area (Å²) in [5.41, 5.74) is -0.242. The number of phenols is 1. The van der Waals surface area contributed by atoms with Gasteiger partial charge in [0.15, 0.2) is 5.75 Å². The van der Waals surface area contributed by atoms with Crippen molar-refractivity contribution in [2.75, 3.05) is 0 Å². The van der Waals surface area contributed by atoms with Crippen LogP contribution < -0.4 is 0 Å². The maximum Gasteiger partial charge on any atom is 0.321 e. The van der Waals surface area contributed by atoms with E-state index >= 15 is 0 Å². The standard InChI is InChI=1S/C9H4N2O4/c10-4-5-3-6-8(15-5)2-1-7(12)9(6)11(13)14/h1-3,12H. The van der Waals surface area contributed by atoms with Crippen LogP contribution in [0.15, 0.2) is 22.6 Å². The fourth-order valence-corrected chi connectivity index (χ4v) is 1.33. The van der Waals surface area contributed by atoms with Crippen molar-refractivity contribution in [3.8, 4) is 11.8 Å². The van der Waals surface area contributed by atoms with Crippen molar-refractivity contribution in [3.05, 3.63) is 34.1 Å². The molecule has 2 aromatic rings. The van der Waals surface area contributed by atoms with Crippen LogP contribution in [-0.2, 0) is 0 Å². The number of benzene rings is 1. The molecule has 2 rings (SSSR count). The molecule has 0 saturated heterocycles. The van der Waals surface area contributed by atoms with E-state index in [0.29, 0.717) is 0 Å². The number of nitriles is 1. The minimum atomic E-state index is -0.714. The van der Waals surface area contributed by atoms with Crippen molar-refractivity contribution in [1.82, 2.24) is 0 Å². The van der Waals surface area contributed by atoms with E-state index < -0.39 is 16.4 Å². The molecule has 0 aliphatic rings. The molecule has 0 atom stereocenters. The van der Waals surface area contributed by atoms with Gasteiger partial charge in [0.1, 0.15) is 17.0 Å². The molecule has 1 aromatic heterocycles. The molecule has 74 valence electrons. The highest BCUT2D eigenvalue weighted by molar-refractivity contribution is 5.90. The van der Waals surface area contributed by atoms with Crippen molar-refractivity contribution >= 4 is 16.7 Å². The molecule has 6 heteroatoms. The predicted molar refractivity (Wildman–Crippen MR) is 49.2 cm³/mol. The fourth-order valence-electron chi connectivity index (χ4n) is 1.33. The summed E-state index contributed by atoms with van der Waals surface area (Å²) in [4.78, 5) is 9.94. The first-order valence-corrected chi connectivity index (χ1v) is 3.93. The summed E-state index contributed by atoms with van der Waals surface area (Å²) in [6.07, 6.45) is 0. The van der Waals surface area contributed by atoms with Gasteiger partial charge in [-0.15, -0.1) is 0 Å². The molecule has 0 aliphatic carbocycles. The molecule has 15 heavy (non-hydrogen) atoms. The van der Waals surface area contributed by atoms with Gasteiger partial charge in [-0.3, -0.25) is 10.1 Å². The maximum absolute atomic E-state index is 10.7. The number of furan rings is 1. The van der Waals surface area contributed by atoms with Gasteiger partial charge < -0.3 is 9.52 Å². The van der Waals surface area contributed by atoms with Crippen molar-refractivity contribution in [3.63, 3.8) is 0 Å². The lowest BCUT2D eigenvalue weighted by Crippen LogP contribution is -1.88. The Bertz CT molecular complexity index is 594. The van der Waals surface area contributed by atoms with Crippen LogP contribution in [0.3, 0.4) is 0 Å². The highest BCUT2D eigenvalue weighted by Crippen LogP contribution is 2.35. The summed E-state index contributed by atoms with van der Waals surface area (Å²) in [5.74, 6) is -0.475. The number of aromatic hydroxyl groups is 1. The Hall–Kier alpha value is -2.55. The second-order valence-corrected chi connectivity index (χ2v) is 2.82. The monoisotopic (exact) mass is 204 g/mol. The van der Waals surface area contributed by atoms with E-state index in [2.05, 4.69) is 0 Å². The highest BCUT2D eigenvalue weighted by atomic mass is 16.6. The zero-order valence-electron chi connectivity index (χ0n) is 7.30. The first kappa shape index (κ1) is 9.02. The van der Waals surface area contributed by atoms with E-state index in [4.69, 9.17) is 9.68 Å². The molecule has 6 nitrogen and oxygen atoms in total. The second-order valence-electron chi connectivity index (χ2n) is 2.82. The summed E-state index contributed by atoms with van der Waals surface area (Å²) < 4.78 is 4.99. The Kier molecular flexibility index (Phi) is 1.80. The predicted octanol–water partition coefficient (Wildman–Crippen LogP) is 1.92. The van der Waals surface area contributed by atoms with E-state index in [1.54, 1.807) is 6.07 Å². The number of hydrogen-bond donors (Lipinski definition) is 1. The molecule has 0 unspecified atom stereocenters. The molecule has 0 spiro atoms. The molecule has 1 aromatic carbocycles. The topological polar surface area (TPSA) is 100 Å². The van der Waals surface area contributed by atoms with Crippen LogP contribution >= 0.6 is 0 Å². The van der Waals surface area contributed by atoms with Crippen LogP contribution in [0.25, 0.3) is 11.0 Å². The van der Waals surface area contributed by atoms with E-state index in [1.165, 1.54) is 12.1 Å². The largest absolute Gasteiger partial charge is 0.502 e. The molecule has 0 fully saturated rings. The summed E-state index contributed by atoms with van der Waals surface area (Å²) in [7, 11) is 0. The number of nitro benzene ring substituents is 1. The highest BCUT2D eigenvalue weighted by Gasteiger charge is 2.20. The van der Waals surface area contributed by atoms with Gasteiger partial charge in [-0.25, -0.2) is 0 Å². The van der Waals surface area contributed by atoms with Crippen molar-refractivity contribution in [2.24, 2.45) is 0 Å². The lowest BCUT2D eigenvalue weighted by molar-refractivity contribution is -0.384. The van der Waals surface area contributed by atoms with Gasteiger partial charge in [0.2, 0.25) is 5.76 Å². The molecule has 0 amide bonds. The average Bonchev–Trinajstić information content (AvgIpc) is 2.59. The Balaban J connectivity index is 2.87. The third kappa shape index (κ3) is 1.26. The van der Waals surface area contributed by atoms with Gasteiger partial charge in [-0.1, -0.05) is 0 Å². The normalized spacial score (nSPS) is 10.1. The van der Waals surface area contributed by atoms with Gasteiger partial charge in [-0.2, -0.15) is 5.26 Å². The number of hydrogen-bond acceptors (Lipinski definition) is 5. The molecular formula is C9H4N2O4. The maximum atomic E-state index is 10.7. The Morgan fingerprint density at radius 3 is 2.87 bits per heavy atom. The minimum absolute atomic E-state index is 0.0290. The molecule has 1 N–H and O–H groups in total. The van der Waals surface area contributed by atoms with E-state index in [0.717, 1.165) is 6.07 Å². The molecular weight excluding hydrogens is 200 g/mol. The first-order chi connectivity index (χ1) is 7.13. The van der Waals surface area contributed by atoms with Crippen molar-refractivity contribution in [2.45, 2.75) is 0 Å². The number of nitro groups is 1. The molecule has 0 radical (unpaired) electrons. The molecule has 1 heterocycles. The number of fused-ring (bicyclic) bond motifs is 1. The Morgan fingerprint density at radius 1 is 1.53 bits per heavy atom. The van der Waals surface area contributed by atoms with Gasteiger partial charge in [0, 0.05) is 6.07 Å². The van der Waals surface area contributed by atoms with Crippen molar-refractivity contribution in [1.29, 1.82) is 5.26 Å². The summed E-state index contributed by atoms with van der Waals surface area (Å²) in [5, 5.41) is 28.6. The smallest absolute Gasteiger partial charge is 0.321 e. The third-order valence-electron chi connectivity index (χ3n) is 1.94. The Labute approximate surface area is 83.1 Å². The molecule has 0 bridgehead atoms. The summed E-state index contributed by atoms with van der Waals surface area (Å²) >= 11 is 0. The van der Waals surface area contributed by atoms with E-state index in [-0.39, 0.29) is 16.7 Å². The number of nitrogens with zero attached hydrogens (tertiary/aromatic N) is 2. The summed E-state index contributed by atoms with van der Waals surface area (Å²) in [6, 6.07) is 5.49. The second kappa shape index (κ2) is 2.99.